The van der Waals surface area contributed by atoms with Crippen LogP contribution < -0.4 is 4.74 Å². The first kappa shape index (κ1) is 26.7. The smallest absolute Gasteiger partial charge is 0.319 e. The molecule has 2 bridgehead atoms. The van der Waals surface area contributed by atoms with Crippen molar-refractivity contribution in [2.75, 3.05) is 34.9 Å². The molecule has 40 heavy (non-hydrogen) atoms. The van der Waals surface area contributed by atoms with Crippen LogP contribution in [-0.2, 0) is 35.7 Å². The van der Waals surface area contributed by atoms with E-state index in [9.17, 15) is 14.7 Å². The second-order valence-corrected chi connectivity index (χ2v) is 11.3. The highest BCUT2D eigenvalue weighted by Crippen LogP contribution is 2.59. The van der Waals surface area contributed by atoms with Gasteiger partial charge in [-0.25, -0.2) is 0 Å². The topological polar surface area (TPSA) is 107 Å². The number of phenols is 1. The number of oxime groups is 1. The number of piperidine rings is 1. The van der Waals surface area contributed by atoms with E-state index in [1.165, 1.54) is 21.3 Å². The number of allylic oxidation sites excluding steroid dienone is 1. The number of nitrogens with zero attached hydrogens (tertiary/aromatic N) is 2. The summed E-state index contributed by atoms with van der Waals surface area (Å²) in [5.74, 6) is -0.899. The number of rotatable bonds is 5. The zero-order valence-corrected chi connectivity index (χ0v) is 23.5. The average molecular weight is 567 g/mol. The van der Waals surface area contributed by atoms with Gasteiger partial charge in [-0.05, 0) is 56.3 Å². The van der Waals surface area contributed by atoms with Gasteiger partial charge in [0.1, 0.15) is 11.6 Å². The first-order valence-corrected chi connectivity index (χ1v) is 13.6. The van der Waals surface area contributed by atoms with Gasteiger partial charge in [0.15, 0.2) is 29.1 Å². The molecule has 2 aromatic rings. The van der Waals surface area contributed by atoms with E-state index in [-0.39, 0.29) is 35.7 Å². The quantitative estimate of drug-likeness (QED) is 0.543. The first-order valence-electron chi connectivity index (χ1n) is 13.2. The van der Waals surface area contributed by atoms with Crippen LogP contribution in [0.25, 0.3) is 0 Å². The van der Waals surface area contributed by atoms with Gasteiger partial charge in [-0.2, -0.15) is 0 Å². The lowest BCUT2D eigenvalue weighted by molar-refractivity contribution is -0.146. The second-order valence-electron chi connectivity index (χ2n) is 10.9. The van der Waals surface area contributed by atoms with E-state index < -0.39 is 23.4 Å². The lowest BCUT2D eigenvalue weighted by Crippen LogP contribution is -2.60. The van der Waals surface area contributed by atoms with Gasteiger partial charge in [-0.1, -0.05) is 28.9 Å². The number of likely N-dealkylation sites (tertiary alicyclic amines) is 1. The number of carbonyl (C=O) groups is 2. The van der Waals surface area contributed by atoms with Gasteiger partial charge < -0.3 is 29.1 Å². The summed E-state index contributed by atoms with van der Waals surface area (Å²) in [6.07, 6.45) is 2.53. The van der Waals surface area contributed by atoms with Crippen molar-refractivity contribution in [1.82, 2.24) is 4.90 Å². The third-order valence-electron chi connectivity index (χ3n) is 9.13. The summed E-state index contributed by atoms with van der Waals surface area (Å²) in [6.45, 7) is 0.768. The van der Waals surface area contributed by atoms with Gasteiger partial charge >= 0.3 is 5.97 Å². The zero-order chi connectivity index (χ0) is 28.3. The van der Waals surface area contributed by atoms with E-state index in [0.717, 1.165) is 12.1 Å². The van der Waals surface area contributed by atoms with Crippen LogP contribution in [0, 0.1) is 11.8 Å². The fraction of sp³-hybridized carbons (Fsp3) is 0.433. The van der Waals surface area contributed by atoms with Crippen molar-refractivity contribution in [1.29, 1.82) is 0 Å². The largest absolute Gasteiger partial charge is 0.504 e. The van der Waals surface area contributed by atoms with Gasteiger partial charge in [0.25, 0.3) is 0 Å². The highest BCUT2D eigenvalue weighted by atomic mass is 35.5. The Morgan fingerprint density at radius 2 is 1.95 bits per heavy atom. The summed E-state index contributed by atoms with van der Waals surface area (Å²) >= 11 is 6.10. The Morgan fingerprint density at radius 1 is 1.20 bits per heavy atom. The summed E-state index contributed by atoms with van der Waals surface area (Å²) < 4.78 is 16.3. The normalized spacial score (nSPS) is 29.0. The summed E-state index contributed by atoms with van der Waals surface area (Å²) in [6, 6.07) is 8.79. The molecule has 2 aliphatic carbocycles. The molecule has 2 heterocycles. The Kier molecular flexibility index (Phi) is 6.54. The molecule has 9 nitrogen and oxygen atoms in total. The van der Waals surface area contributed by atoms with Gasteiger partial charge in [0, 0.05) is 45.5 Å². The summed E-state index contributed by atoms with van der Waals surface area (Å²) in [5.41, 5.74) is 2.67. The molecule has 0 spiro atoms. The maximum atomic E-state index is 13.3. The minimum absolute atomic E-state index is 0.0165. The van der Waals surface area contributed by atoms with Crippen LogP contribution in [-0.4, -0.2) is 68.4 Å². The van der Waals surface area contributed by atoms with E-state index >= 15 is 0 Å². The van der Waals surface area contributed by atoms with E-state index in [1.807, 2.05) is 6.08 Å². The maximum Gasteiger partial charge on any atom is 0.319 e. The van der Waals surface area contributed by atoms with Crippen molar-refractivity contribution >= 4 is 29.1 Å². The number of ether oxygens (including phenoxy) is 3. The molecule has 210 valence electrons. The number of ketones is 1. The van der Waals surface area contributed by atoms with Crippen LogP contribution in [0.4, 0.5) is 0 Å². The van der Waals surface area contributed by atoms with Crippen LogP contribution in [0.1, 0.15) is 41.2 Å². The Morgan fingerprint density at radius 3 is 2.62 bits per heavy atom. The number of Topliss-reactive ketones (excluding diaryl/α,β-unsaturated/α-hetero) is 1. The third kappa shape index (κ3) is 3.82. The van der Waals surface area contributed by atoms with Crippen LogP contribution in [0.15, 0.2) is 47.3 Å². The number of fused-ring (bicyclic) bond motifs is 1. The monoisotopic (exact) mass is 566 g/mol. The molecule has 0 aromatic heterocycles. The molecular formula is C30H31ClN2O7. The zero-order valence-electron chi connectivity index (χ0n) is 22.8. The number of benzene rings is 2. The van der Waals surface area contributed by atoms with Gasteiger partial charge in [-0.3, -0.25) is 9.59 Å². The summed E-state index contributed by atoms with van der Waals surface area (Å²) in [5, 5.41) is 16.5. The molecule has 1 N–H and O–H groups in total. The molecule has 2 aliphatic heterocycles. The number of phenolic OH excluding ortho intramolecular Hbond substituents is 1. The van der Waals surface area contributed by atoms with E-state index in [2.05, 4.69) is 17.1 Å². The molecule has 2 aromatic carbocycles. The molecule has 5 atom stereocenters. The molecule has 10 heteroatoms. The fourth-order valence-electron chi connectivity index (χ4n) is 7.21. The standard InChI is InChI=1S/C30H31ClN2O7/c1-33-10-9-30-14-21(34)22(37-2)13-19(30)20(33)11-17-18(12-23(38-3)27(35)25(17)30)28-24(29(36)39-4)26(32-40-28)15-5-7-16(31)8-6-15/h5-8,12-13,19-20,24,28,35H,9-11,14H2,1-4H3/t19-,20+,24-,28+,30-/m1/s1. The maximum absolute atomic E-state index is 13.3. The fourth-order valence-corrected chi connectivity index (χ4v) is 7.34. The van der Waals surface area contributed by atoms with Crippen molar-refractivity contribution in [3.8, 4) is 11.5 Å². The number of hydrogen-bond acceptors (Lipinski definition) is 9. The number of halogens is 1. The molecule has 4 aliphatic rings. The van der Waals surface area contributed by atoms with Crippen LogP contribution in [0.3, 0.4) is 0 Å². The molecular weight excluding hydrogens is 536 g/mol. The Bertz CT molecular complexity index is 1450. The van der Waals surface area contributed by atoms with Crippen molar-refractivity contribution < 1.29 is 33.7 Å². The molecule has 0 unspecified atom stereocenters. The van der Waals surface area contributed by atoms with E-state index in [0.29, 0.717) is 46.0 Å². The lowest BCUT2D eigenvalue weighted by atomic mass is 9.53. The number of aromatic hydroxyl groups is 1. The van der Waals surface area contributed by atoms with Gasteiger partial charge in [-0.15, -0.1) is 0 Å². The number of carbonyl (C=O) groups excluding carboxylic acids is 2. The van der Waals surface area contributed by atoms with Gasteiger partial charge in [0.05, 0.1) is 21.3 Å². The molecule has 1 saturated heterocycles. The lowest BCUT2D eigenvalue weighted by Gasteiger charge is -2.57. The number of likely N-dealkylation sites (N-methyl/N-ethyl adjacent to an activating group) is 1. The van der Waals surface area contributed by atoms with Crippen LogP contribution in [0.5, 0.6) is 11.5 Å². The average Bonchev–Trinajstić information content (AvgIpc) is 3.39. The minimum atomic E-state index is -0.870. The van der Waals surface area contributed by atoms with Gasteiger partial charge in [0.2, 0.25) is 0 Å². The Balaban J connectivity index is 1.55. The molecule has 0 radical (unpaired) electrons. The molecule has 0 saturated carbocycles. The van der Waals surface area contributed by atoms with Crippen LogP contribution in [0.2, 0.25) is 5.02 Å². The van der Waals surface area contributed by atoms with Crippen molar-refractivity contribution in [2.24, 2.45) is 17.0 Å². The third-order valence-corrected chi connectivity index (χ3v) is 9.38. The number of methoxy groups -OCH3 is 3. The number of esters is 1. The Labute approximate surface area is 237 Å². The number of hydrogen-bond donors (Lipinski definition) is 1. The molecule has 1 fully saturated rings. The molecule has 0 amide bonds. The second kappa shape index (κ2) is 9.82. The van der Waals surface area contributed by atoms with E-state index in [4.69, 9.17) is 30.6 Å². The van der Waals surface area contributed by atoms with Crippen molar-refractivity contribution in [3.63, 3.8) is 0 Å². The first-order chi connectivity index (χ1) is 19.2. The highest BCUT2D eigenvalue weighted by molar-refractivity contribution is 6.30. The predicted molar refractivity (Wildman–Crippen MR) is 147 cm³/mol. The van der Waals surface area contributed by atoms with Crippen LogP contribution >= 0.6 is 11.6 Å². The van der Waals surface area contributed by atoms with Crippen molar-refractivity contribution in [2.45, 2.75) is 36.8 Å². The van der Waals surface area contributed by atoms with E-state index in [1.54, 1.807) is 30.3 Å². The summed E-state index contributed by atoms with van der Waals surface area (Å²) in [4.78, 5) is 34.8. The summed E-state index contributed by atoms with van der Waals surface area (Å²) in [7, 11) is 6.41. The minimum Gasteiger partial charge on any atom is -0.504 e. The molecule has 6 rings (SSSR count). The van der Waals surface area contributed by atoms with Crippen molar-refractivity contribution in [3.05, 3.63) is 69.4 Å². The Hall–Kier alpha value is -3.56. The highest BCUT2D eigenvalue weighted by Gasteiger charge is 2.58. The SMILES string of the molecule is COC(=O)[C@@H]1C(c2ccc(Cl)cc2)=NO[C@H]1c1cc(OC)c(O)c2c1C[C@H]1[C@H]3C=C(OC)C(=O)C[C@@]23CCN1C. The predicted octanol–water partition coefficient (Wildman–Crippen LogP) is 3.94.